The monoisotopic (exact) mass is 374 g/mol. The molecule has 8 heteroatoms. The van der Waals surface area contributed by atoms with E-state index < -0.39 is 0 Å². The van der Waals surface area contributed by atoms with Gasteiger partial charge in [-0.25, -0.2) is 0 Å². The van der Waals surface area contributed by atoms with Crippen molar-refractivity contribution in [1.29, 1.82) is 5.41 Å². The summed E-state index contributed by atoms with van der Waals surface area (Å²) in [5.74, 6) is 1.13. The van der Waals surface area contributed by atoms with Crippen LogP contribution in [0.3, 0.4) is 0 Å². The minimum absolute atomic E-state index is 0.0755. The molecule has 0 saturated carbocycles. The van der Waals surface area contributed by atoms with Gasteiger partial charge in [0.25, 0.3) is 5.91 Å². The molecule has 0 aromatic carbocycles. The van der Waals surface area contributed by atoms with Crippen LogP contribution in [0, 0.1) is 11.3 Å². The second kappa shape index (κ2) is 9.66. The fraction of sp³-hybridized carbons (Fsp3) is 0.632. The van der Waals surface area contributed by atoms with E-state index in [-0.39, 0.29) is 17.7 Å². The molecule has 5 N–H and O–H groups in total. The van der Waals surface area contributed by atoms with Gasteiger partial charge in [0.05, 0.1) is 6.61 Å². The average molecular weight is 374 g/mol. The summed E-state index contributed by atoms with van der Waals surface area (Å²) in [6, 6.07) is 3.59. The molecule has 2 aliphatic heterocycles. The first-order valence-corrected chi connectivity index (χ1v) is 9.80. The van der Waals surface area contributed by atoms with Crippen LogP contribution in [-0.2, 0) is 4.79 Å². The Labute approximate surface area is 160 Å². The largest absolute Gasteiger partial charge is 0.477 e. The number of carbonyl (C=O) groups excluding carboxylic acids is 1. The standard InChI is InChI=1S/C19H30N6O2/c1-21-18-15(17(20)19(26)24-14-6-9-22-10-7-14)4-5-16(25-18)27-12-13-3-2-8-23-11-13/h4-5,13-14,20,22-23H,2-3,6-12H2,1H3,(H,21,25)(H,24,26). The van der Waals surface area contributed by atoms with Crippen molar-refractivity contribution in [3.63, 3.8) is 0 Å². The van der Waals surface area contributed by atoms with E-state index in [1.807, 2.05) is 0 Å². The molecule has 0 bridgehead atoms. The molecule has 2 fully saturated rings. The third-order valence-corrected chi connectivity index (χ3v) is 5.14. The summed E-state index contributed by atoms with van der Waals surface area (Å²) in [5.41, 5.74) is 0.407. The van der Waals surface area contributed by atoms with Crippen LogP contribution in [0.4, 0.5) is 5.82 Å². The van der Waals surface area contributed by atoms with E-state index in [1.165, 1.54) is 6.42 Å². The number of carbonyl (C=O) groups is 1. The highest BCUT2D eigenvalue weighted by molar-refractivity contribution is 6.45. The summed E-state index contributed by atoms with van der Waals surface area (Å²) in [5, 5.41) is 20.8. The van der Waals surface area contributed by atoms with E-state index in [9.17, 15) is 4.79 Å². The van der Waals surface area contributed by atoms with Crippen LogP contribution < -0.4 is 26.0 Å². The lowest BCUT2D eigenvalue weighted by Gasteiger charge is -2.24. The van der Waals surface area contributed by atoms with E-state index in [4.69, 9.17) is 10.1 Å². The number of amides is 1. The number of nitrogens with zero attached hydrogens (tertiary/aromatic N) is 1. The molecule has 0 spiro atoms. The van der Waals surface area contributed by atoms with Gasteiger partial charge < -0.3 is 26.0 Å². The Kier molecular flexibility index (Phi) is 7.00. The Morgan fingerprint density at radius 1 is 1.26 bits per heavy atom. The zero-order valence-electron chi connectivity index (χ0n) is 15.9. The average Bonchev–Trinajstić information content (AvgIpc) is 2.73. The molecule has 1 amide bonds. The molecule has 1 atom stereocenters. The molecule has 0 aliphatic carbocycles. The summed E-state index contributed by atoms with van der Waals surface area (Å²) in [6.45, 7) is 4.46. The lowest BCUT2D eigenvalue weighted by Crippen LogP contribution is -2.45. The third kappa shape index (κ3) is 5.40. The van der Waals surface area contributed by atoms with Crippen molar-refractivity contribution in [1.82, 2.24) is 20.9 Å². The maximum Gasteiger partial charge on any atom is 0.270 e. The highest BCUT2D eigenvalue weighted by Gasteiger charge is 2.22. The van der Waals surface area contributed by atoms with Crippen molar-refractivity contribution in [2.24, 2.45) is 5.92 Å². The topological polar surface area (TPSA) is 111 Å². The van der Waals surface area contributed by atoms with Gasteiger partial charge >= 0.3 is 0 Å². The molecule has 2 aliphatic rings. The second-order valence-corrected chi connectivity index (χ2v) is 7.19. The van der Waals surface area contributed by atoms with Crippen LogP contribution in [0.1, 0.15) is 31.2 Å². The van der Waals surface area contributed by atoms with Crippen molar-refractivity contribution in [2.45, 2.75) is 31.7 Å². The molecular formula is C19H30N6O2. The van der Waals surface area contributed by atoms with Gasteiger partial charge in [0.1, 0.15) is 11.5 Å². The maximum absolute atomic E-state index is 12.4. The predicted molar refractivity (Wildman–Crippen MR) is 106 cm³/mol. The molecule has 1 unspecified atom stereocenters. The van der Waals surface area contributed by atoms with Gasteiger partial charge in [-0.3, -0.25) is 10.2 Å². The van der Waals surface area contributed by atoms with Crippen molar-refractivity contribution in [3.8, 4) is 5.88 Å². The van der Waals surface area contributed by atoms with Crippen molar-refractivity contribution < 1.29 is 9.53 Å². The molecule has 1 aromatic rings. The van der Waals surface area contributed by atoms with E-state index in [0.29, 0.717) is 29.8 Å². The number of hydrogen-bond acceptors (Lipinski definition) is 7. The fourth-order valence-electron chi connectivity index (χ4n) is 3.53. The molecule has 27 heavy (non-hydrogen) atoms. The Balaban J connectivity index is 1.60. The van der Waals surface area contributed by atoms with Gasteiger partial charge in [0.15, 0.2) is 0 Å². The van der Waals surface area contributed by atoms with Crippen LogP contribution in [0.15, 0.2) is 12.1 Å². The van der Waals surface area contributed by atoms with Gasteiger partial charge in [-0.15, -0.1) is 0 Å². The number of nitrogens with one attached hydrogen (secondary N) is 5. The van der Waals surface area contributed by atoms with Crippen molar-refractivity contribution >= 4 is 17.4 Å². The van der Waals surface area contributed by atoms with E-state index in [2.05, 4.69) is 26.3 Å². The SMILES string of the molecule is CNc1nc(OCC2CCCNC2)ccc1C(=N)C(=O)NC1CCNCC1. The first kappa shape index (κ1) is 19.6. The number of anilines is 1. The number of ether oxygens (including phenoxy) is 1. The minimum atomic E-state index is -0.359. The summed E-state index contributed by atoms with van der Waals surface area (Å²) in [6.07, 6.45) is 4.11. The first-order chi connectivity index (χ1) is 13.2. The van der Waals surface area contributed by atoms with Crippen molar-refractivity contribution in [2.75, 3.05) is 45.2 Å². The van der Waals surface area contributed by atoms with E-state index >= 15 is 0 Å². The van der Waals surface area contributed by atoms with Crippen molar-refractivity contribution in [3.05, 3.63) is 17.7 Å². The zero-order chi connectivity index (χ0) is 19.1. The summed E-state index contributed by atoms with van der Waals surface area (Å²) >= 11 is 0. The fourth-order valence-corrected chi connectivity index (χ4v) is 3.53. The van der Waals surface area contributed by atoms with E-state index in [0.717, 1.165) is 45.4 Å². The minimum Gasteiger partial charge on any atom is -0.477 e. The van der Waals surface area contributed by atoms with Crippen LogP contribution in [0.25, 0.3) is 0 Å². The number of piperidine rings is 2. The highest BCUT2D eigenvalue weighted by atomic mass is 16.5. The highest BCUT2D eigenvalue weighted by Crippen LogP contribution is 2.20. The van der Waals surface area contributed by atoms with Gasteiger partial charge in [-0.1, -0.05) is 0 Å². The quantitative estimate of drug-likeness (QED) is 0.450. The Bertz CT molecular complexity index is 654. The Morgan fingerprint density at radius 2 is 2.07 bits per heavy atom. The van der Waals surface area contributed by atoms with Crippen LogP contribution in [0.2, 0.25) is 0 Å². The van der Waals surface area contributed by atoms with Gasteiger partial charge in [-0.2, -0.15) is 4.98 Å². The molecule has 148 valence electrons. The summed E-state index contributed by atoms with van der Waals surface area (Å²) < 4.78 is 5.84. The van der Waals surface area contributed by atoms with E-state index in [1.54, 1.807) is 19.2 Å². The lowest BCUT2D eigenvalue weighted by atomic mass is 10.0. The maximum atomic E-state index is 12.4. The molecule has 1 aromatic heterocycles. The third-order valence-electron chi connectivity index (χ3n) is 5.14. The smallest absolute Gasteiger partial charge is 0.270 e. The molecule has 0 radical (unpaired) electrons. The molecule has 2 saturated heterocycles. The van der Waals surface area contributed by atoms with Gasteiger partial charge in [-0.05, 0) is 51.4 Å². The Morgan fingerprint density at radius 3 is 2.78 bits per heavy atom. The lowest BCUT2D eigenvalue weighted by molar-refractivity contribution is -0.115. The number of pyridine rings is 1. The molecule has 3 heterocycles. The summed E-state index contributed by atoms with van der Waals surface area (Å²) in [7, 11) is 1.73. The van der Waals surface area contributed by atoms with Crippen LogP contribution >= 0.6 is 0 Å². The van der Waals surface area contributed by atoms with Crippen LogP contribution in [-0.4, -0.2) is 62.5 Å². The zero-order valence-corrected chi connectivity index (χ0v) is 15.9. The summed E-state index contributed by atoms with van der Waals surface area (Å²) in [4.78, 5) is 16.9. The molecular weight excluding hydrogens is 344 g/mol. The molecule has 3 rings (SSSR count). The second-order valence-electron chi connectivity index (χ2n) is 7.19. The number of aromatic nitrogens is 1. The first-order valence-electron chi connectivity index (χ1n) is 9.80. The Hall–Kier alpha value is -2.19. The normalized spacial score (nSPS) is 20.7. The van der Waals surface area contributed by atoms with Gasteiger partial charge in [0.2, 0.25) is 5.88 Å². The van der Waals surface area contributed by atoms with Crippen LogP contribution in [0.5, 0.6) is 5.88 Å². The number of rotatable bonds is 7. The predicted octanol–water partition coefficient (Wildman–Crippen LogP) is 0.738. The van der Waals surface area contributed by atoms with Gasteiger partial charge in [0, 0.05) is 37.2 Å². The molecule has 8 nitrogen and oxygen atoms in total. The number of hydrogen-bond donors (Lipinski definition) is 5.